The first-order chi connectivity index (χ1) is 12.0. The van der Waals surface area contributed by atoms with Crippen LogP contribution in [0.4, 0.5) is 0 Å². The Bertz CT molecular complexity index is 734. The molecule has 2 N–H and O–H groups in total. The summed E-state index contributed by atoms with van der Waals surface area (Å²) in [7, 11) is 4.17. The number of halogens is 1. The fourth-order valence-electron chi connectivity index (χ4n) is 3.17. The van der Waals surface area contributed by atoms with Gasteiger partial charge in [0, 0.05) is 5.02 Å². The van der Waals surface area contributed by atoms with E-state index in [1.54, 1.807) is 0 Å². The molecule has 132 valence electrons. The van der Waals surface area contributed by atoms with E-state index in [9.17, 15) is 4.79 Å². The minimum Gasteiger partial charge on any atom is -0.492 e. The van der Waals surface area contributed by atoms with Crippen molar-refractivity contribution < 1.29 is 14.4 Å². The van der Waals surface area contributed by atoms with Gasteiger partial charge in [-0.2, -0.15) is 0 Å². The van der Waals surface area contributed by atoms with Crippen LogP contribution >= 0.6 is 11.6 Å². The number of fused-ring (bicyclic) bond motifs is 1. The van der Waals surface area contributed by atoms with E-state index in [4.69, 9.17) is 16.3 Å². The number of carbonyl (C=O) groups is 1. The highest BCUT2D eigenvalue weighted by Gasteiger charge is 2.28. The topological polar surface area (TPSA) is 42.8 Å². The van der Waals surface area contributed by atoms with Crippen LogP contribution in [-0.4, -0.2) is 33.2 Å². The third kappa shape index (κ3) is 4.53. The van der Waals surface area contributed by atoms with Gasteiger partial charge in [0.05, 0.1) is 20.0 Å². The Kier molecular flexibility index (Phi) is 5.61. The molecule has 0 aliphatic carbocycles. The van der Waals surface area contributed by atoms with Crippen LogP contribution in [-0.2, 0) is 11.2 Å². The van der Waals surface area contributed by atoms with Gasteiger partial charge in [-0.1, -0.05) is 41.9 Å². The van der Waals surface area contributed by atoms with Crippen molar-refractivity contribution in [3.05, 3.63) is 64.7 Å². The third-order valence-electron chi connectivity index (χ3n) is 4.43. The van der Waals surface area contributed by atoms with Gasteiger partial charge in [-0.25, -0.2) is 0 Å². The van der Waals surface area contributed by atoms with Gasteiger partial charge in [-0.15, -0.1) is 0 Å². The molecule has 3 rings (SSSR count). The molecular formula is C20H24ClN2O2+. The third-order valence-corrected chi connectivity index (χ3v) is 4.67. The van der Waals surface area contributed by atoms with Crippen LogP contribution in [0, 0.1) is 5.92 Å². The zero-order chi connectivity index (χ0) is 17.8. The average molecular weight is 360 g/mol. The van der Waals surface area contributed by atoms with Crippen LogP contribution in [0.2, 0.25) is 5.02 Å². The maximum Gasteiger partial charge on any atom is 0.227 e. The summed E-state index contributed by atoms with van der Waals surface area (Å²) >= 11 is 6.07. The molecule has 5 heteroatoms. The number of benzene rings is 2. The molecule has 0 fully saturated rings. The molecule has 2 aromatic rings. The lowest BCUT2D eigenvalue weighted by atomic mass is 9.95. The van der Waals surface area contributed by atoms with E-state index >= 15 is 0 Å². The van der Waals surface area contributed by atoms with Gasteiger partial charge >= 0.3 is 0 Å². The van der Waals surface area contributed by atoms with Crippen molar-refractivity contribution in [2.75, 3.05) is 27.2 Å². The quantitative estimate of drug-likeness (QED) is 0.856. The molecule has 1 amide bonds. The van der Waals surface area contributed by atoms with E-state index in [0.717, 1.165) is 23.4 Å². The SMILES string of the molecule is C[NH+](C)C[C@H](NC(=O)[C@@H]1COc2ccc(Cl)cc2C1)c1ccccc1. The van der Waals surface area contributed by atoms with Crippen molar-refractivity contribution in [3.8, 4) is 5.75 Å². The van der Waals surface area contributed by atoms with E-state index in [1.165, 1.54) is 4.90 Å². The maximum atomic E-state index is 12.8. The lowest BCUT2D eigenvalue weighted by Crippen LogP contribution is -3.06. The van der Waals surface area contributed by atoms with Crippen LogP contribution in [0.1, 0.15) is 17.2 Å². The van der Waals surface area contributed by atoms with E-state index in [0.29, 0.717) is 18.1 Å². The van der Waals surface area contributed by atoms with Gasteiger partial charge in [-0.3, -0.25) is 4.79 Å². The van der Waals surface area contributed by atoms with Gasteiger partial charge in [-0.05, 0) is 35.7 Å². The van der Waals surface area contributed by atoms with Gasteiger partial charge in [0.15, 0.2) is 0 Å². The zero-order valence-electron chi connectivity index (χ0n) is 14.6. The monoisotopic (exact) mass is 359 g/mol. The smallest absolute Gasteiger partial charge is 0.227 e. The predicted molar refractivity (Wildman–Crippen MR) is 99.1 cm³/mol. The van der Waals surface area contributed by atoms with Crippen molar-refractivity contribution in [2.24, 2.45) is 5.92 Å². The Hall–Kier alpha value is -2.04. The minimum absolute atomic E-state index is 0.0144. The number of carbonyl (C=O) groups excluding carboxylic acids is 1. The first kappa shape index (κ1) is 17.8. The normalized spacial score (nSPS) is 17.5. The Balaban J connectivity index is 1.71. The molecule has 0 radical (unpaired) electrons. The molecule has 1 aliphatic rings. The summed E-state index contributed by atoms with van der Waals surface area (Å²) in [4.78, 5) is 14.1. The summed E-state index contributed by atoms with van der Waals surface area (Å²) in [5.41, 5.74) is 2.12. The molecule has 0 unspecified atom stereocenters. The van der Waals surface area contributed by atoms with Crippen LogP contribution < -0.4 is 15.0 Å². The Morgan fingerprint density at radius 3 is 2.76 bits per heavy atom. The maximum absolute atomic E-state index is 12.8. The van der Waals surface area contributed by atoms with Crippen molar-refractivity contribution in [2.45, 2.75) is 12.5 Å². The van der Waals surface area contributed by atoms with Gasteiger partial charge in [0.2, 0.25) is 5.91 Å². The number of hydrogen-bond acceptors (Lipinski definition) is 2. The summed E-state index contributed by atoms with van der Waals surface area (Å²) in [6.07, 6.45) is 0.651. The predicted octanol–water partition coefficient (Wildman–Crippen LogP) is 1.89. The summed E-state index contributed by atoms with van der Waals surface area (Å²) in [6, 6.07) is 15.7. The number of rotatable bonds is 5. The van der Waals surface area contributed by atoms with Crippen molar-refractivity contribution >= 4 is 17.5 Å². The van der Waals surface area contributed by atoms with Crippen molar-refractivity contribution in [3.63, 3.8) is 0 Å². The zero-order valence-corrected chi connectivity index (χ0v) is 15.3. The Morgan fingerprint density at radius 2 is 2.04 bits per heavy atom. The molecule has 0 saturated heterocycles. The number of hydrogen-bond donors (Lipinski definition) is 2. The molecule has 25 heavy (non-hydrogen) atoms. The highest BCUT2D eigenvalue weighted by atomic mass is 35.5. The van der Waals surface area contributed by atoms with E-state index in [1.807, 2.05) is 36.4 Å². The summed E-state index contributed by atoms with van der Waals surface area (Å²) in [5.74, 6) is 0.654. The molecular weight excluding hydrogens is 336 g/mol. The molecule has 0 saturated carbocycles. The number of likely N-dealkylation sites (N-methyl/N-ethyl adjacent to an activating group) is 1. The molecule has 1 aliphatic heterocycles. The van der Waals surface area contributed by atoms with Crippen LogP contribution in [0.5, 0.6) is 5.75 Å². The molecule has 2 atom stereocenters. The molecule has 0 aromatic heterocycles. The second-order valence-corrected chi connectivity index (χ2v) is 7.28. The fraction of sp³-hybridized carbons (Fsp3) is 0.350. The number of amides is 1. The lowest BCUT2D eigenvalue weighted by molar-refractivity contribution is -0.860. The molecule has 0 spiro atoms. The largest absolute Gasteiger partial charge is 0.492 e. The highest BCUT2D eigenvalue weighted by Crippen LogP contribution is 2.30. The second-order valence-electron chi connectivity index (χ2n) is 6.85. The van der Waals surface area contributed by atoms with Crippen LogP contribution in [0.25, 0.3) is 0 Å². The van der Waals surface area contributed by atoms with E-state index in [2.05, 4.69) is 31.5 Å². The summed E-state index contributed by atoms with van der Waals surface area (Å²) in [6.45, 7) is 1.22. The van der Waals surface area contributed by atoms with Crippen molar-refractivity contribution in [1.29, 1.82) is 0 Å². The Morgan fingerprint density at radius 1 is 1.28 bits per heavy atom. The average Bonchev–Trinajstić information content (AvgIpc) is 2.60. The van der Waals surface area contributed by atoms with Crippen LogP contribution in [0.3, 0.4) is 0 Å². The lowest BCUT2D eigenvalue weighted by Gasteiger charge is -2.27. The number of quaternary nitrogens is 1. The molecule has 2 aromatic carbocycles. The second kappa shape index (κ2) is 7.89. The van der Waals surface area contributed by atoms with E-state index < -0.39 is 0 Å². The summed E-state index contributed by atoms with van der Waals surface area (Å²) in [5, 5.41) is 3.88. The first-order valence-electron chi connectivity index (χ1n) is 8.58. The molecule has 4 nitrogen and oxygen atoms in total. The van der Waals surface area contributed by atoms with Gasteiger partial charge in [0.1, 0.15) is 24.9 Å². The number of nitrogens with one attached hydrogen (secondary N) is 2. The highest BCUT2D eigenvalue weighted by molar-refractivity contribution is 6.30. The minimum atomic E-state index is -0.200. The Labute approximate surface area is 153 Å². The fourth-order valence-corrected chi connectivity index (χ4v) is 3.36. The van der Waals surface area contributed by atoms with Gasteiger partial charge in [0.25, 0.3) is 0 Å². The van der Waals surface area contributed by atoms with Crippen molar-refractivity contribution in [1.82, 2.24) is 5.32 Å². The van der Waals surface area contributed by atoms with Gasteiger partial charge < -0.3 is 15.0 Å². The van der Waals surface area contributed by atoms with Crippen LogP contribution in [0.15, 0.2) is 48.5 Å². The first-order valence-corrected chi connectivity index (χ1v) is 8.96. The molecule has 0 bridgehead atoms. The number of ether oxygens (including phenoxy) is 1. The standard InChI is InChI=1S/C20H23ClN2O2/c1-23(2)12-18(14-6-4-3-5-7-14)22-20(24)16-10-15-11-17(21)8-9-19(15)25-13-16/h3-9,11,16,18H,10,12-13H2,1-2H3,(H,22,24)/p+1/t16-,18-/m0/s1. The van der Waals surface area contributed by atoms with E-state index in [-0.39, 0.29) is 17.9 Å². The summed E-state index contributed by atoms with van der Waals surface area (Å²) < 4.78 is 5.76. The molecule has 1 heterocycles.